The molecule has 0 fully saturated rings. The second-order valence-corrected chi connectivity index (χ2v) is 4.89. The normalized spacial score (nSPS) is 12.6. The third-order valence-corrected chi connectivity index (χ3v) is 2.89. The Balaban J connectivity index is 2.53. The van der Waals surface area contributed by atoms with Crippen LogP contribution in [-0.2, 0) is 19.6 Å². The topological polar surface area (TPSA) is 17.8 Å². The number of hydrogen-bond acceptors (Lipinski definition) is 1. The number of alkyl halides is 3. The fourth-order valence-corrected chi connectivity index (χ4v) is 1.96. The van der Waals surface area contributed by atoms with E-state index in [4.69, 9.17) is 0 Å². The summed E-state index contributed by atoms with van der Waals surface area (Å²) >= 11 is 0. The van der Waals surface area contributed by atoms with E-state index in [9.17, 15) is 13.2 Å². The Morgan fingerprint density at radius 1 is 1.28 bits per heavy atom. The highest BCUT2D eigenvalue weighted by Gasteiger charge is 2.31. The first-order valence-electron chi connectivity index (χ1n) is 5.81. The number of halogens is 3. The second-order valence-electron chi connectivity index (χ2n) is 4.89. The third kappa shape index (κ3) is 2.35. The van der Waals surface area contributed by atoms with Crippen molar-refractivity contribution in [1.82, 2.24) is 9.55 Å². The molecule has 18 heavy (non-hydrogen) atoms. The highest BCUT2D eigenvalue weighted by atomic mass is 19.4. The van der Waals surface area contributed by atoms with Gasteiger partial charge in [0, 0.05) is 13.5 Å². The molecule has 1 heterocycles. The number of imidazole rings is 1. The molecule has 0 N–H and O–H groups in total. The van der Waals surface area contributed by atoms with Crippen molar-refractivity contribution in [2.75, 3.05) is 0 Å². The first-order chi connectivity index (χ1) is 8.29. The van der Waals surface area contributed by atoms with Gasteiger partial charge in [-0.15, -0.1) is 0 Å². The van der Waals surface area contributed by atoms with Crippen molar-refractivity contribution < 1.29 is 13.2 Å². The molecule has 1 aromatic heterocycles. The Labute approximate surface area is 103 Å². The van der Waals surface area contributed by atoms with Crippen LogP contribution in [0.1, 0.15) is 25.2 Å². The molecule has 0 unspecified atom stereocenters. The molecule has 0 aliphatic rings. The van der Waals surface area contributed by atoms with Gasteiger partial charge in [-0.1, -0.05) is 13.8 Å². The van der Waals surface area contributed by atoms with E-state index in [1.807, 2.05) is 0 Å². The Kier molecular flexibility index (Phi) is 3.09. The van der Waals surface area contributed by atoms with Crippen LogP contribution in [0, 0.1) is 5.92 Å². The highest BCUT2D eigenvalue weighted by molar-refractivity contribution is 5.77. The molecular formula is C13H15F3N2. The van der Waals surface area contributed by atoms with E-state index in [-0.39, 0.29) is 0 Å². The molecular weight excluding hydrogens is 241 g/mol. The standard InChI is InChI=1S/C13H15F3N2/c1-8(2)6-12-17-10-5-4-9(13(14,15)16)7-11(10)18(12)3/h4-5,7-8H,6H2,1-3H3. The van der Waals surface area contributed by atoms with Gasteiger partial charge >= 0.3 is 6.18 Å². The lowest BCUT2D eigenvalue weighted by Gasteiger charge is -2.07. The molecule has 0 aliphatic heterocycles. The Bertz CT molecular complexity index is 567. The summed E-state index contributed by atoms with van der Waals surface area (Å²) in [7, 11) is 1.76. The number of hydrogen-bond donors (Lipinski definition) is 0. The van der Waals surface area contributed by atoms with Crippen LogP contribution in [0.15, 0.2) is 18.2 Å². The number of benzene rings is 1. The zero-order valence-corrected chi connectivity index (χ0v) is 10.5. The molecule has 0 spiro atoms. The summed E-state index contributed by atoms with van der Waals surface area (Å²) in [5.41, 5.74) is 0.510. The molecule has 2 rings (SSSR count). The first-order valence-corrected chi connectivity index (χ1v) is 5.81. The summed E-state index contributed by atoms with van der Waals surface area (Å²) in [6.45, 7) is 4.11. The third-order valence-electron chi connectivity index (χ3n) is 2.89. The van der Waals surface area contributed by atoms with Crippen LogP contribution in [0.4, 0.5) is 13.2 Å². The van der Waals surface area contributed by atoms with Crippen molar-refractivity contribution >= 4 is 11.0 Å². The predicted molar refractivity (Wildman–Crippen MR) is 64.3 cm³/mol. The minimum absolute atomic E-state index is 0.419. The van der Waals surface area contributed by atoms with E-state index in [1.54, 1.807) is 11.6 Å². The lowest BCUT2D eigenvalue weighted by atomic mass is 10.1. The van der Waals surface area contributed by atoms with Crippen LogP contribution in [0.2, 0.25) is 0 Å². The van der Waals surface area contributed by atoms with Crippen LogP contribution in [0.5, 0.6) is 0 Å². The first kappa shape index (κ1) is 12.9. The van der Waals surface area contributed by atoms with Crippen LogP contribution < -0.4 is 0 Å². The van der Waals surface area contributed by atoms with Gasteiger partial charge in [0.05, 0.1) is 16.6 Å². The molecule has 0 radical (unpaired) electrons. The van der Waals surface area contributed by atoms with Gasteiger partial charge < -0.3 is 4.57 Å². The summed E-state index contributed by atoms with van der Waals surface area (Å²) in [5, 5.41) is 0. The highest BCUT2D eigenvalue weighted by Crippen LogP contribution is 2.31. The maximum absolute atomic E-state index is 12.6. The zero-order chi connectivity index (χ0) is 13.5. The van der Waals surface area contributed by atoms with Crippen LogP contribution in [0.3, 0.4) is 0 Å². The van der Waals surface area contributed by atoms with Crippen molar-refractivity contribution in [3.63, 3.8) is 0 Å². The molecule has 5 heteroatoms. The van der Waals surface area contributed by atoms with Gasteiger partial charge in [-0.05, 0) is 24.1 Å². The van der Waals surface area contributed by atoms with E-state index >= 15 is 0 Å². The van der Waals surface area contributed by atoms with Crippen molar-refractivity contribution in [2.45, 2.75) is 26.4 Å². The monoisotopic (exact) mass is 256 g/mol. The minimum Gasteiger partial charge on any atom is -0.331 e. The minimum atomic E-state index is -4.31. The van der Waals surface area contributed by atoms with Gasteiger partial charge in [0.1, 0.15) is 5.82 Å². The van der Waals surface area contributed by atoms with Crippen LogP contribution in [0.25, 0.3) is 11.0 Å². The van der Waals surface area contributed by atoms with E-state index in [1.165, 1.54) is 6.07 Å². The SMILES string of the molecule is CC(C)Cc1nc2ccc(C(F)(F)F)cc2n1C. The van der Waals surface area contributed by atoms with Gasteiger partial charge in [-0.25, -0.2) is 4.98 Å². The smallest absolute Gasteiger partial charge is 0.331 e. The number of fused-ring (bicyclic) bond motifs is 1. The average molecular weight is 256 g/mol. The van der Waals surface area contributed by atoms with Crippen molar-refractivity contribution in [3.05, 3.63) is 29.6 Å². The molecule has 98 valence electrons. The fraction of sp³-hybridized carbons (Fsp3) is 0.462. The van der Waals surface area contributed by atoms with Crippen LogP contribution in [-0.4, -0.2) is 9.55 Å². The Morgan fingerprint density at radius 3 is 2.50 bits per heavy atom. The van der Waals surface area contributed by atoms with Gasteiger partial charge in [0.25, 0.3) is 0 Å². The molecule has 0 atom stereocenters. The molecule has 0 aliphatic carbocycles. The molecule has 2 aromatic rings. The van der Waals surface area contributed by atoms with Crippen molar-refractivity contribution in [3.8, 4) is 0 Å². The average Bonchev–Trinajstić information content (AvgIpc) is 2.53. The summed E-state index contributed by atoms with van der Waals surface area (Å²) in [6, 6.07) is 3.67. The predicted octanol–water partition coefficient (Wildman–Crippen LogP) is 3.79. The molecule has 1 aromatic carbocycles. The number of rotatable bonds is 2. The lowest BCUT2D eigenvalue weighted by molar-refractivity contribution is -0.137. The largest absolute Gasteiger partial charge is 0.416 e. The molecule has 2 nitrogen and oxygen atoms in total. The number of aryl methyl sites for hydroxylation is 1. The quantitative estimate of drug-likeness (QED) is 0.799. The van der Waals surface area contributed by atoms with Crippen LogP contribution >= 0.6 is 0 Å². The van der Waals surface area contributed by atoms with Gasteiger partial charge in [0.15, 0.2) is 0 Å². The van der Waals surface area contributed by atoms with E-state index < -0.39 is 11.7 Å². The maximum atomic E-state index is 12.6. The number of aromatic nitrogens is 2. The van der Waals surface area contributed by atoms with E-state index in [0.717, 1.165) is 24.4 Å². The summed E-state index contributed by atoms with van der Waals surface area (Å²) < 4.78 is 39.6. The van der Waals surface area contributed by atoms with E-state index in [0.29, 0.717) is 17.0 Å². The van der Waals surface area contributed by atoms with Crippen molar-refractivity contribution in [2.24, 2.45) is 13.0 Å². The maximum Gasteiger partial charge on any atom is 0.416 e. The Hall–Kier alpha value is -1.52. The number of nitrogens with zero attached hydrogens (tertiary/aromatic N) is 2. The van der Waals surface area contributed by atoms with Gasteiger partial charge in [0.2, 0.25) is 0 Å². The Morgan fingerprint density at radius 2 is 1.94 bits per heavy atom. The van der Waals surface area contributed by atoms with Gasteiger partial charge in [-0.2, -0.15) is 13.2 Å². The second kappa shape index (κ2) is 4.30. The molecule has 0 amide bonds. The van der Waals surface area contributed by atoms with Gasteiger partial charge in [-0.3, -0.25) is 0 Å². The fourth-order valence-electron chi connectivity index (χ4n) is 1.96. The molecule has 0 saturated heterocycles. The molecule has 0 bridgehead atoms. The summed E-state index contributed by atoms with van der Waals surface area (Å²) in [6.07, 6.45) is -3.55. The molecule has 0 saturated carbocycles. The summed E-state index contributed by atoms with van der Waals surface area (Å²) in [4.78, 5) is 4.37. The summed E-state index contributed by atoms with van der Waals surface area (Å²) in [5.74, 6) is 1.24. The zero-order valence-electron chi connectivity index (χ0n) is 10.5. The lowest BCUT2D eigenvalue weighted by Crippen LogP contribution is -2.05. The van der Waals surface area contributed by atoms with E-state index in [2.05, 4.69) is 18.8 Å². The van der Waals surface area contributed by atoms with Crippen molar-refractivity contribution in [1.29, 1.82) is 0 Å².